The van der Waals surface area contributed by atoms with Crippen molar-refractivity contribution in [3.63, 3.8) is 0 Å². The van der Waals surface area contributed by atoms with Gasteiger partial charge in [-0.1, -0.05) is 37.3 Å². The molecule has 0 bridgehead atoms. The van der Waals surface area contributed by atoms with E-state index in [1.807, 2.05) is 43.3 Å². The SMILES string of the molecule is CCc1sc(C(=O)NNC(=O)CCc2ccccc2)cc1C. The first-order valence-electron chi connectivity index (χ1n) is 7.32. The summed E-state index contributed by atoms with van der Waals surface area (Å²) in [5.41, 5.74) is 7.16. The van der Waals surface area contributed by atoms with E-state index in [-0.39, 0.29) is 11.8 Å². The summed E-state index contributed by atoms with van der Waals surface area (Å²) in [5.74, 6) is -0.456. The molecule has 1 heterocycles. The molecule has 22 heavy (non-hydrogen) atoms. The lowest BCUT2D eigenvalue weighted by Crippen LogP contribution is -2.41. The molecule has 0 spiro atoms. The van der Waals surface area contributed by atoms with Crippen molar-refractivity contribution in [3.05, 3.63) is 57.3 Å². The van der Waals surface area contributed by atoms with E-state index in [1.54, 1.807) is 0 Å². The van der Waals surface area contributed by atoms with E-state index in [4.69, 9.17) is 0 Å². The molecule has 0 radical (unpaired) electrons. The van der Waals surface area contributed by atoms with Crippen molar-refractivity contribution >= 4 is 23.2 Å². The molecule has 0 unspecified atom stereocenters. The topological polar surface area (TPSA) is 58.2 Å². The van der Waals surface area contributed by atoms with E-state index < -0.39 is 0 Å². The van der Waals surface area contributed by atoms with Gasteiger partial charge >= 0.3 is 0 Å². The van der Waals surface area contributed by atoms with Crippen LogP contribution in [0.4, 0.5) is 0 Å². The molecule has 0 aliphatic heterocycles. The third-order valence-electron chi connectivity index (χ3n) is 3.36. The Kier molecular flexibility index (Phi) is 5.72. The van der Waals surface area contributed by atoms with E-state index in [0.717, 1.165) is 17.5 Å². The van der Waals surface area contributed by atoms with Gasteiger partial charge in [0.15, 0.2) is 0 Å². The van der Waals surface area contributed by atoms with Crippen LogP contribution in [0.1, 0.15) is 39.0 Å². The summed E-state index contributed by atoms with van der Waals surface area (Å²) in [4.78, 5) is 25.6. The maximum atomic E-state index is 12.0. The highest BCUT2D eigenvalue weighted by atomic mass is 32.1. The molecule has 1 aromatic carbocycles. The van der Waals surface area contributed by atoms with Crippen molar-refractivity contribution in [1.82, 2.24) is 10.9 Å². The molecule has 2 rings (SSSR count). The highest BCUT2D eigenvalue weighted by Gasteiger charge is 2.12. The lowest BCUT2D eigenvalue weighted by molar-refractivity contribution is -0.121. The smallest absolute Gasteiger partial charge is 0.273 e. The number of hydrazine groups is 1. The molecular weight excluding hydrogens is 296 g/mol. The molecule has 2 aromatic rings. The molecule has 1 aromatic heterocycles. The highest BCUT2D eigenvalue weighted by molar-refractivity contribution is 7.14. The van der Waals surface area contributed by atoms with Gasteiger partial charge in [-0.15, -0.1) is 11.3 Å². The second-order valence-corrected chi connectivity index (χ2v) is 6.20. The molecule has 0 fully saturated rings. The van der Waals surface area contributed by atoms with Gasteiger partial charge in [0.1, 0.15) is 0 Å². The third kappa shape index (κ3) is 4.43. The number of hydrogen-bond acceptors (Lipinski definition) is 3. The maximum Gasteiger partial charge on any atom is 0.279 e. The maximum absolute atomic E-state index is 12.0. The molecule has 4 nitrogen and oxygen atoms in total. The monoisotopic (exact) mass is 316 g/mol. The zero-order valence-electron chi connectivity index (χ0n) is 12.8. The van der Waals surface area contributed by atoms with Gasteiger partial charge in [-0.05, 0) is 37.0 Å². The Labute approximate surface area is 134 Å². The number of carbonyl (C=O) groups is 2. The zero-order valence-corrected chi connectivity index (χ0v) is 13.6. The molecule has 0 aliphatic carbocycles. The number of hydrogen-bond donors (Lipinski definition) is 2. The van der Waals surface area contributed by atoms with Crippen molar-refractivity contribution in [3.8, 4) is 0 Å². The normalized spacial score (nSPS) is 10.3. The van der Waals surface area contributed by atoms with Gasteiger partial charge in [0.05, 0.1) is 4.88 Å². The Balaban J connectivity index is 1.79. The Morgan fingerprint density at radius 1 is 1.14 bits per heavy atom. The number of carbonyl (C=O) groups excluding carboxylic acids is 2. The summed E-state index contributed by atoms with van der Waals surface area (Å²) in [7, 11) is 0. The Bertz CT molecular complexity index is 650. The van der Waals surface area contributed by atoms with E-state index in [9.17, 15) is 9.59 Å². The van der Waals surface area contributed by atoms with Crippen LogP contribution >= 0.6 is 11.3 Å². The van der Waals surface area contributed by atoms with Crippen molar-refractivity contribution < 1.29 is 9.59 Å². The highest BCUT2D eigenvalue weighted by Crippen LogP contribution is 2.21. The predicted octanol–water partition coefficient (Wildman–Crippen LogP) is 3.01. The van der Waals surface area contributed by atoms with Gasteiger partial charge in [0.25, 0.3) is 5.91 Å². The lowest BCUT2D eigenvalue weighted by Gasteiger charge is -2.06. The molecular formula is C17H20N2O2S. The van der Waals surface area contributed by atoms with Crippen LogP contribution in [0.3, 0.4) is 0 Å². The minimum absolute atomic E-state index is 0.193. The first-order chi connectivity index (χ1) is 10.6. The molecule has 116 valence electrons. The van der Waals surface area contributed by atoms with E-state index in [0.29, 0.717) is 17.7 Å². The zero-order chi connectivity index (χ0) is 15.9. The van der Waals surface area contributed by atoms with Gasteiger partial charge in [-0.25, -0.2) is 0 Å². The van der Waals surface area contributed by atoms with Crippen LogP contribution in [0, 0.1) is 6.92 Å². The summed E-state index contributed by atoms with van der Waals surface area (Å²) in [5, 5.41) is 0. The standard InChI is InChI=1S/C17H20N2O2S/c1-3-14-12(2)11-15(22-14)17(21)19-18-16(20)10-9-13-7-5-4-6-8-13/h4-8,11H,3,9-10H2,1-2H3,(H,18,20)(H,19,21). The minimum Gasteiger partial charge on any atom is -0.273 e. The first-order valence-corrected chi connectivity index (χ1v) is 8.14. The second-order valence-electron chi connectivity index (χ2n) is 5.06. The van der Waals surface area contributed by atoms with E-state index in [2.05, 4.69) is 17.8 Å². The fourth-order valence-electron chi connectivity index (χ4n) is 2.14. The van der Waals surface area contributed by atoms with Crippen LogP contribution in [0.25, 0.3) is 0 Å². The molecule has 2 amide bonds. The quantitative estimate of drug-likeness (QED) is 0.833. The molecule has 0 saturated heterocycles. The molecule has 0 aliphatic rings. The first kappa shape index (κ1) is 16.2. The van der Waals surface area contributed by atoms with Gasteiger partial charge in [-0.3, -0.25) is 20.4 Å². The summed E-state index contributed by atoms with van der Waals surface area (Å²) in [6.07, 6.45) is 1.90. The fraction of sp³-hybridized carbons (Fsp3) is 0.294. The van der Waals surface area contributed by atoms with E-state index >= 15 is 0 Å². The molecule has 2 N–H and O–H groups in total. The van der Waals surface area contributed by atoms with Crippen LogP contribution in [-0.2, 0) is 17.6 Å². The lowest BCUT2D eigenvalue weighted by atomic mass is 10.1. The summed E-state index contributed by atoms with van der Waals surface area (Å²) >= 11 is 1.47. The van der Waals surface area contributed by atoms with Crippen molar-refractivity contribution in [2.24, 2.45) is 0 Å². The van der Waals surface area contributed by atoms with Gasteiger partial charge in [0.2, 0.25) is 5.91 Å². The Hall–Kier alpha value is -2.14. The molecule has 0 saturated carbocycles. The number of thiophene rings is 1. The van der Waals surface area contributed by atoms with Gasteiger partial charge < -0.3 is 0 Å². The summed E-state index contributed by atoms with van der Waals surface area (Å²) in [6, 6.07) is 11.6. The minimum atomic E-state index is -0.263. The Morgan fingerprint density at radius 3 is 2.50 bits per heavy atom. The number of nitrogens with one attached hydrogen (secondary N) is 2. The summed E-state index contributed by atoms with van der Waals surface area (Å²) in [6.45, 7) is 4.05. The number of aryl methyl sites for hydroxylation is 3. The third-order valence-corrected chi connectivity index (χ3v) is 4.74. The molecule has 5 heteroatoms. The Morgan fingerprint density at radius 2 is 1.86 bits per heavy atom. The fourth-order valence-corrected chi connectivity index (χ4v) is 3.14. The van der Waals surface area contributed by atoms with Crippen molar-refractivity contribution in [2.75, 3.05) is 0 Å². The van der Waals surface area contributed by atoms with Crippen molar-refractivity contribution in [2.45, 2.75) is 33.1 Å². The van der Waals surface area contributed by atoms with Gasteiger partial charge in [-0.2, -0.15) is 0 Å². The van der Waals surface area contributed by atoms with Crippen LogP contribution in [-0.4, -0.2) is 11.8 Å². The molecule has 0 atom stereocenters. The summed E-state index contributed by atoms with van der Waals surface area (Å²) < 4.78 is 0. The largest absolute Gasteiger partial charge is 0.279 e. The second kappa shape index (κ2) is 7.75. The van der Waals surface area contributed by atoms with E-state index in [1.165, 1.54) is 16.2 Å². The van der Waals surface area contributed by atoms with Crippen molar-refractivity contribution in [1.29, 1.82) is 0 Å². The average molecular weight is 316 g/mol. The number of amides is 2. The van der Waals surface area contributed by atoms with Gasteiger partial charge in [0, 0.05) is 11.3 Å². The predicted molar refractivity (Wildman–Crippen MR) is 88.8 cm³/mol. The number of benzene rings is 1. The average Bonchev–Trinajstić information content (AvgIpc) is 2.92. The van der Waals surface area contributed by atoms with Crippen LogP contribution in [0.15, 0.2) is 36.4 Å². The van der Waals surface area contributed by atoms with Crippen LogP contribution < -0.4 is 10.9 Å². The number of rotatable bonds is 5. The van der Waals surface area contributed by atoms with Crippen LogP contribution in [0.5, 0.6) is 0 Å². The van der Waals surface area contributed by atoms with Crippen LogP contribution in [0.2, 0.25) is 0 Å².